The molecule has 0 bridgehead atoms. The molecular weight excluding hydrogens is 682 g/mol. The molecule has 0 saturated carbocycles. The Hall–Kier alpha value is -4.24. The Kier molecular flexibility index (Phi) is 23.4. The molecule has 15 nitrogen and oxygen atoms in total. The molecule has 300 valence electrons. The minimum absolute atomic E-state index is 0.0538. The zero-order valence-corrected chi connectivity index (χ0v) is 32.4. The number of ether oxygens (including phenoxy) is 2. The van der Waals surface area contributed by atoms with Gasteiger partial charge in [-0.25, -0.2) is 4.79 Å². The van der Waals surface area contributed by atoms with Gasteiger partial charge in [-0.1, -0.05) is 69.9 Å². The number of nitrogens with one attached hydrogen (secondary N) is 5. The molecule has 0 saturated heterocycles. The third-order valence-electron chi connectivity index (χ3n) is 8.14. The van der Waals surface area contributed by atoms with Crippen molar-refractivity contribution in [2.24, 2.45) is 11.5 Å². The lowest BCUT2D eigenvalue weighted by Crippen LogP contribution is -2.57. The molecule has 0 aliphatic carbocycles. The Balaban J connectivity index is 3.06. The smallest absolute Gasteiger partial charge is 0.408 e. The standard InChI is InChI=1S/C38H65N7O8/c1-6-8-19-28(40)33(47)41-24-16-14-22-30(44-36(50)31(21-13-15-23-39)45-37(51)53-38(3,4)5)35(49)43-29(20-9-7-2)34(48)42-25-32(46)52-26-27-17-11-10-12-18-27/h10-12,17-18,28-31H,6-9,13-16,19-26,39-40H2,1-5H3,(H,41,47)(H,42,48)(H,43,49)(H,44,50)(H,45,51). The molecule has 4 unspecified atom stereocenters. The van der Waals surface area contributed by atoms with Gasteiger partial charge in [0.05, 0.1) is 6.04 Å². The number of unbranched alkanes of at least 4 members (excludes halogenated alkanes) is 4. The maximum absolute atomic E-state index is 13.8. The van der Waals surface area contributed by atoms with E-state index in [1.165, 1.54) is 0 Å². The minimum Gasteiger partial charge on any atom is -0.460 e. The predicted octanol–water partition coefficient (Wildman–Crippen LogP) is 2.83. The topological polar surface area (TPSA) is 233 Å². The van der Waals surface area contributed by atoms with Crippen LogP contribution in [0.15, 0.2) is 30.3 Å². The number of hydrogen-bond donors (Lipinski definition) is 7. The number of carbonyl (C=O) groups is 6. The van der Waals surface area contributed by atoms with E-state index >= 15 is 0 Å². The maximum atomic E-state index is 13.8. The number of carbonyl (C=O) groups excluding carboxylic acids is 6. The molecule has 4 atom stereocenters. The Bertz CT molecular complexity index is 1260. The molecule has 5 amide bonds. The molecule has 0 aliphatic heterocycles. The van der Waals surface area contributed by atoms with Crippen molar-refractivity contribution in [3.05, 3.63) is 35.9 Å². The molecule has 0 fully saturated rings. The normalized spacial score (nSPS) is 13.4. The first-order valence-electron chi connectivity index (χ1n) is 19.0. The van der Waals surface area contributed by atoms with Crippen LogP contribution in [-0.2, 0) is 40.1 Å². The van der Waals surface area contributed by atoms with Gasteiger partial charge in [-0.2, -0.15) is 0 Å². The highest BCUT2D eigenvalue weighted by molar-refractivity contribution is 5.94. The van der Waals surface area contributed by atoms with E-state index in [4.69, 9.17) is 20.9 Å². The maximum Gasteiger partial charge on any atom is 0.408 e. The molecule has 0 heterocycles. The monoisotopic (exact) mass is 747 g/mol. The number of esters is 1. The molecular formula is C38H65N7O8. The van der Waals surface area contributed by atoms with Gasteiger partial charge in [-0.15, -0.1) is 0 Å². The first kappa shape index (κ1) is 46.8. The molecule has 15 heteroatoms. The van der Waals surface area contributed by atoms with Gasteiger partial charge in [-0.05, 0) is 84.2 Å². The van der Waals surface area contributed by atoms with Crippen LogP contribution in [0.1, 0.15) is 117 Å². The second-order valence-electron chi connectivity index (χ2n) is 14.1. The van der Waals surface area contributed by atoms with Gasteiger partial charge >= 0.3 is 12.1 Å². The van der Waals surface area contributed by atoms with Crippen molar-refractivity contribution in [1.82, 2.24) is 26.6 Å². The van der Waals surface area contributed by atoms with Crippen molar-refractivity contribution in [2.75, 3.05) is 19.6 Å². The van der Waals surface area contributed by atoms with Crippen LogP contribution in [0.4, 0.5) is 4.79 Å². The van der Waals surface area contributed by atoms with Crippen molar-refractivity contribution in [3.8, 4) is 0 Å². The van der Waals surface area contributed by atoms with Gasteiger partial charge < -0.3 is 47.5 Å². The minimum atomic E-state index is -1.09. The molecule has 1 aromatic carbocycles. The van der Waals surface area contributed by atoms with Crippen LogP contribution < -0.4 is 38.1 Å². The van der Waals surface area contributed by atoms with Gasteiger partial charge in [0.2, 0.25) is 23.6 Å². The number of benzene rings is 1. The quantitative estimate of drug-likeness (QED) is 0.0541. The first-order valence-corrected chi connectivity index (χ1v) is 19.0. The number of nitrogens with two attached hydrogens (primary N) is 2. The fourth-order valence-corrected chi connectivity index (χ4v) is 5.14. The highest BCUT2D eigenvalue weighted by Gasteiger charge is 2.30. The average molecular weight is 748 g/mol. The van der Waals surface area contributed by atoms with Crippen molar-refractivity contribution < 1.29 is 38.2 Å². The summed E-state index contributed by atoms with van der Waals surface area (Å²) >= 11 is 0. The van der Waals surface area contributed by atoms with E-state index in [2.05, 4.69) is 26.6 Å². The summed E-state index contributed by atoms with van der Waals surface area (Å²) in [6.45, 7) is 9.47. The Morgan fingerprint density at radius 3 is 1.81 bits per heavy atom. The van der Waals surface area contributed by atoms with Crippen LogP contribution in [0.25, 0.3) is 0 Å². The van der Waals surface area contributed by atoms with Gasteiger partial charge in [0.15, 0.2) is 0 Å². The van der Waals surface area contributed by atoms with E-state index in [9.17, 15) is 28.8 Å². The van der Waals surface area contributed by atoms with E-state index in [0.29, 0.717) is 58.0 Å². The lowest BCUT2D eigenvalue weighted by atomic mass is 10.0. The number of rotatable bonds is 26. The van der Waals surface area contributed by atoms with Crippen LogP contribution >= 0.6 is 0 Å². The molecule has 9 N–H and O–H groups in total. The largest absolute Gasteiger partial charge is 0.460 e. The first-order chi connectivity index (χ1) is 25.2. The van der Waals surface area contributed by atoms with Gasteiger partial charge in [0.1, 0.15) is 36.9 Å². The van der Waals surface area contributed by atoms with Gasteiger partial charge in [-0.3, -0.25) is 24.0 Å². The summed E-state index contributed by atoms with van der Waals surface area (Å²) in [7, 11) is 0. The summed E-state index contributed by atoms with van der Waals surface area (Å²) in [6, 6.07) is 5.43. The summed E-state index contributed by atoms with van der Waals surface area (Å²) < 4.78 is 10.6. The summed E-state index contributed by atoms with van der Waals surface area (Å²) in [5, 5.41) is 13.5. The second-order valence-corrected chi connectivity index (χ2v) is 14.1. The molecule has 0 spiro atoms. The fraction of sp³-hybridized carbons (Fsp3) is 0.684. The number of alkyl carbamates (subject to hydrolysis) is 1. The molecule has 0 radical (unpaired) electrons. The lowest BCUT2D eigenvalue weighted by Gasteiger charge is -2.26. The average Bonchev–Trinajstić information content (AvgIpc) is 3.11. The van der Waals surface area contributed by atoms with E-state index in [-0.39, 0.29) is 31.9 Å². The molecule has 0 aliphatic rings. The van der Waals surface area contributed by atoms with Crippen LogP contribution in [0.2, 0.25) is 0 Å². The summed E-state index contributed by atoms with van der Waals surface area (Å²) in [5.41, 5.74) is 11.6. The van der Waals surface area contributed by atoms with Crippen molar-refractivity contribution in [3.63, 3.8) is 0 Å². The Morgan fingerprint density at radius 1 is 0.679 bits per heavy atom. The van der Waals surface area contributed by atoms with Crippen molar-refractivity contribution in [1.29, 1.82) is 0 Å². The highest BCUT2D eigenvalue weighted by atomic mass is 16.6. The molecule has 1 aromatic rings. The number of amides is 5. The van der Waals surface area contributed by atoms with Gasteiger partial charge in [0, 0.05) is 6.54 Å². The van der Waals surface area contributed by atoms with Gasteiger partial charge in [0.25, 0.3) is 0 Å². The summed E-state index contributed by atoms with van der Waals surface area (Å²) in [6.07, 6.45) is 5.72. The predicted molar refractivity (Wildman–Crippen MR) is 203 cm³/mol. The third-order valence-corrected chi connectivity index (χ3v) is 8.14. The SMILES string of the molecule is CCCCC(N)C(=O)NCCCCC(NC(=O)C(CCCCN)NC(=O)OC(C)(C)C)C(=O)NC(CCCC)C(=O)NCC(=O)OCc1ccccc1. The van der Waals surface area contributed by atoms with E-state index < -0.39 is 59.6 Å². The highest BCUT2D eigenvalue weighted by Crippen LogP contribution is 2.11. The van der Waals surface area contributed by atoms with Crippen molar-refractivity contribution >= 4 is 35.7 Å². The van der Waals surface area contributed by atoms with Crippen LogP contribution in [0, 0.1) is 0 Å². The zero-order valence-electron chi connectivity index (χ0n) is 32.4. The molecule has 1 rings (SSSR count). The van der Waals surface area contributed by atoms with E-state index in [0.717, 1.165) is 24.8 Å². The third kappa shape index (κ3) is 21.8. The molecule has 0 aromatic heterocycles. The van der Waals surface area contributed by atoms with E-state index in [1.54, 1.807) is 20.8 Å². The van der Waals surface area contributed by atoms with Crippen LogP contribution in [0.5, 0.6) is 0 Å². The van der Waals surface area contributed by atoms with Crippen LogP contribution in [-0.4, -0.2) is 85.1 Å². The second kappa shape index (κ2) is 26.5. The Morgan fingerprint density at radius 2 is 1.23 bits per heavy atom. The lowest BCUT2D eigenvalue weighted by molar-refractivity contribution is -0.145. The number of hydrogen-bond acceptors (Lipinski definition) is 10. The molecule has 53 heavy (non-hydrogen) atoms. The fourth-order valence-electron chi connectivity index (χ4n) is 5.14. The van der Waals surface area contributed by atoms with Crippen LogP contribution in [0.3, 0.4) is 0 Å². The van der Waals surface area contributed by atoms with E-state index in [1.807, 2.05) is 44.2 Å². The summed E-state index contributed by atoms with van der Waals surface area (Å²) in [4.78, 5) is 78.0. The Labute approximate surface area is 315 Å². The van der Waals surface area contributed by atoms with Crippen molar-refractivity contribution in [2.45, 2.75) is 148 Å². The summed E-state index contributed by atoms with van der Waals surface area (Å²) in [5.74, 6) is -2.65. The zero-order chi connectivity index (χ0) is 39.6.